The minimum absolute atomic E-state index is 0.184. The Morgan fingerprint density at radius 2 is 1.93 bits per heavy atom. The molecule has 1 aromatic carbocycles. The van der Waals surface area contributed by atoms with E-state index in [2.05, 4.69) is 23.5 Å². The SMILES string of the molecule is COC(CNc1ccc2c(c1)CC2)OC. The third-order valence-electron chi connectivity index (χ3n) is 2.87. The van der Waals surface area contributed by atoms with Crippen LogP contribution >= 0.6 is 0 Å². The number of hydrogen-bond acceptors (Lipinski definition) is 3. The lowest BCUT2D eigenvalue weighted by Crippen LogP contribution is -2.23. The quantitative estimate of drug-likeness (QED) is 0.747. The summed E-state index contributed by atoms with van der Waals surface area (Å²) < 4.78 is 10.2. The van der Waals surface area contributed by atoms with Gasteiger partial charge in [-0.3, -0.25) is 0 Å². The number of aryl methyl sites for hydroxylation is 2. The van der Waals surface area contributed by atoms with Gasteiger partial charge in [0.15, 0.2) is 6.29 Å². The highest BCUT2D eigenvalue weighted by molar-refractivity contribution is 5.51. The molecule has 1 aliphatic carbocycles. The normalized spacial score (nSPS) is 13.5. The van der Waals surface area contributed by atoms with Gasteiger partial charge in [-0.1, -0.05) is 6.07 Å². The van der Waals surface area contributed by atoms with E-state index in [1.807, 2.05) is 0 Å². The van der Waals surface area contributed by atoms with Crippen LogP contribution in [0, 0.1) is 0 Å². The van der Waals surface area contributed by atoms with Crippen molar-refractivity contribution in [3.05, 3.63) is 29.3 Å². The van der Waals surface area contributed by atoms with E-state index in [1.54, 1.807) is 14.2 Å². The molecular weight excluding hydrogens is 190 g/mol. The summed E-state index contributed by atoms with van der Waals surface area (Å²) in [5, 5.41) is 3.30. The second-order valence-corrected chi connectivity index (χ2v) is 3.77. The second-order valence-electron chi connectivity index (χ2n) is 3.77. The summed E-state index contributed by atoms with van der Waals surface area (Å²) in [7, 11) is 3.29. The molecule has 0 spiro atoms. The van der Waals surface area contributed by atoms with Gasteiger partial charge in [0, 0.05) is 19.9 Å². The third-order valence-corrected chi connectivity index (χ3v) is 2.87. The van der Waals surface area contributed by atoms with Crippen LogP contribution in [0.15, 0.2) is 18.2 Å². The number of benzene rings is 1. The van der Waals surface area contributed by atoms with Gasteiger partial charge in [0.1, 0.15) is 0 Å². The van der Waals surface area contributed by atoms with Crippen molar-refractivity contribution < 1.29 is 9.47 Å². The molecule has 3 heteroatoms. The van der Waals surface area contributed by atoms with Crippen LogP contribution in [0.5, 0.6) is 0 Å². The van der Waals surface area contributed by atoms with E-state index >= 15 is 0 Å². The highest BCUT2D eigenvalue weighted by atomic mass is 16.7. The number of fused-ring (bicyclic) bond motifs is 1. The van der Waals surface area contributed by atoms with E-state index in [-0.39, 0.29) is 6.29 Å². The van der Waals surface area contributed by atoms with Crippen LogP contribution in [0.3, 0.4) is 0 Å². The summed E-state index contributed by atoms with van der Waals surface area (Å²) in [5.41, 5.74) is 4.09. The topological polar surface area (TPSA) is 30.5 Å². The van der Waals surface area contributed by atoms with Crippen LogP contribution in [0.2, 0.25) is 0 Å². The van der Waals surface area contributed by atoms with Crippen LogP contribution in [0.4, 0.5) is 5.69 Å². The van der Waals surface area contributed by atoms with Gasteiger partial charge >= 0.3 is 0 Å². The molecule has 0 radical (unpaired) electrons. The predicted molar refractivity (Wildman–Crippen MR) is 60.1 cm³/mol. The first-order valence-electron chi connectivity index (χ1n) is 5.24. The van der Waals surface area contributed by atoms with Crippen molar-refractivity contribution in [1.82, 2.24) is 0 Å². The van der Waals surface area contributed by atoms with Crippen LogP contribution < -0.4 is 5.32 Å². The van der Waals surface area contributed by atoms with E-state index in [0.29, 0.717) is 6.54 Å². The Balaban J connectivity index is 1.90. The molecule has 0 saturated carbocycles. The minimum Gasteiger partial charge on any atom is -0.380 e. The average molecular weight is 207 g/mol. The highest BCUT2D eigenvalue weighted by Crippen LogP contribution is 2.25. The number of methoxy groups -OCH3 is 2. The van der Waals surface area contributed by atoms with E-state index in [1.165, 1.54) is 24.0 Å². The zero-order valence-corrected chi connectivity index (χ0v) is 9.25. The molecule has 0 fully saturated rings. The molecule has 1 N–H and O–H groups in total. The summed E-state index contributed by atoms with van der Waals surface area (Å²) in [6.45, 7) is 0.672. The van der Waals surface area contributed by atoms with Crippen LogP contribution in [0.1, 0.15) is 11.1 Å². The molecule has 15 heavy (non-hydrogen) atoms. The number of anilines is 1. The first kappa shape index (κ1) is 10.5. The lowest BCUT2D eigenvalue weighted by molar-refractivity contribution is -0.0914. The molecule has 0 heterocycles. The van der Waals surface area contributed by atoms with Crippen LogP contribution in [0.25, 0.3) is 0 Å². The Bertz CT molecular complexity index is 334. The number of hydrogen-bond donors (Lipinski definition) is 1. The summed E-state index contributed by atoms with van der Waals surface area (Å²) in [6, 6.07) is 6.51. The van der Waals surface area contributed by atoms with Crippen molar-refractivity contribution in [2.75, 3.05) is 26.1 Å². The smallest absolute Gasteiger partial charge is 0.173 e. The molecule has 1 aliphatic rings. The largest absolute Gasteiger partial charge is 0.380 e. The number of rotatable bonds is 5. The van der Waals surface area contributed by atoms with Crippen molar-refractivity contribution in [3.63, 3.8) is 0 Å². The van der Waals surface area contributed by atoms with Gasteiger partial charge in [0.05, 0.1) is 6.54 Å². The maximum Gasteiger partial charge on any atom is 0.173 e. The van der Waals surface area contributed by atoms with E-state index in [4.69, 9.17) is 9.47 Å². The Morgan fingerprint density at radius 1 is 1.20 bits per heavy atom. The summed E-state index contributed by atoms with van der Waals surface area (Å²) in [4.78, 5) is 0. The van der Waals surface area contributed by atoms with Crippen molar-refractivity contribution in [3.8, 4) is 0 Å². The zero-order chi connectivity index (χ0) is 10.7. The molecular formula is C12H17NO2. The lowest BCUT2D eigenvalue weighted by atomic mass is 9.88. The van der Waals surface area contributed by atoms with Gasteiger partial charge in [-0.05, 0) is 36.1 Å². The number of nitrogens with one attached hydrogen (secondary N) is 1. The molecule has 0 amide bonds. The van der Waals surface area contributed by atoms with Crippen molar-refractivity contribution in [1.29, 1.82) is 0 Å². The van der Waals surface area contributed by atoms with Gasteiger partial charge in [0.2, 0.25) is 0 Å². The lowest BCUT2D eigenvalue weighted by Gasteiger charge is -2.21. The molecule has 2 rings (SSSR count). The second kappa shape index (κ2) is 4.64. The number of ether oxygens (including phenoxy) is 2. The van der Waals surface area contributed by atoms with E-state index in [9.17, 15) is 0 Å². The maximum absolute atomic E-state index is 5.10. The molecule has 82 valence electrons. The Labute approximate surface area is 90.4 Å². The fourth-order valence-electron chi connectivity index (χ4n) is 1.77. The molecule has 0 atom stereocenters. The first-order chi connectivity index (χ1) is 7.33. The molecule has 0 saturated heterocycles. The molecule has 1 aromatic rings. The fraction of sp³-hybridized carbons (Fsp3) is 0.500. The van der Waals surface area contributed by atoms with Gasteiger partial charge in [-0.25, -0.2) is 0 Å². The van der Waals surface area contributed by atoms with E-state index < -0.39 is 0 Å². The maximum atomic E-state index is 5.10. The predicted octanol–water partition coefficient (Wildman–Crippen LogP) is 1.82. The third kappa shape index (κ3) is 2.30. The minimum atomic E-state index is -0.184. The Morgan fingerprint density at radius 3 is 2.47 bits per heavy atom. The van der Waals surface area contributed by atoms with Crippen LogP contribution in [-0.4, -0.2) is 27.1 Å². The van der Waals surface area contributed by atoms with Crippen molar-refractivity contribution >= 4 is 5.69 Å². The molecule has 3 nitrogen and oxygen atoms in total. The van der Waals surface area contributed by atoms with Gasteiger partial charge < -0.3 is 14.8 Å². The van der Waals surface area contributed by atoms with Crippen LogP contribution in [-0.2, 0) is 22.3 Å². The first-order valence-corrected chi connectivity index (χ1v) is 5.24. The van der Waals surface area contributed by atoms with Crippen molar-refractivity contribution in [2.24, 2.45) is 0 Å². The Kier molecular flexibility index (Phi) is 3.23. The van der Waals surface area contributed by atoms with Gasteiger partial charge in [-0.2, -0.15) is 0 Å². The standard InChI is InChI=1S/C12H17NO2/c1-14-12(15-2)8-13-11-6-5-9-3-4-10(9)7-11/h5-7,12-13H,3-4,8H2,1-2H3. The molecule has 0 aromatic heterocycles. The molecule has 0 aliphatic heterocycles. The van der Waals surface area contributed by atoms with Crippen molar-refractivity contribution in [2.45, 2.75) is 19.1 Å². The monoisotopic (exact) mass is 207 g/mol. The summed E-state index contributed by atoms with van der Waals surface area (Å²) >= 11 is 0. The van der Waals surface area contributed by atoms with Gasteiger partial charge in [0.25, 0.3) is 0 Å². The molecule has 0 bridgehead atoms. The average Bonchev–Trinajstić information content (AvgIpc) is 2.23. The zero-order valence-electron chi connectivity index (χ0n) is 9.25. The highest BCUT2D eigenvalue weighted by Gasteiger charge is 2.13. The molecule has 0 unspecified atom stereocenters. The summed E-state index contributed by atoms with van der Waals surface area (Å²) in [5.74, 6) is 0. The summed E-state index contributed by atoms with van der Waals surface area (Å²) in [6.07, 6.45) is 2.26. The fourth-order valence-corrected chi connectivity index (χ4v) is 1.77. The Hall–Kier alpha value is -1.06. The van der Waals surface area contributed by atoms with E-state index in [0.717, 1.165) is 5.69 Å². The van der Waals surface area contributed by atoms with Gasteiger partial charge in [-0.15, -0.1) is 0 Å².